The van der Waals surface area contributed by atoms with Crippen LogP contribution < -0.4 is 10.1 Å². The average molecular weight is 276 g/mol. The van der Waals surface area contributed by atoms with Crippen LogP contribution >= 0.6 is 0 Å². The van der Waals surface area contributed by atoms with Crippen LogP contribution in [0.2, 0.25) is 0 Å². The van der Waals surface area contributed by atoms with E-state index in [-0.39, 0.29) is 18.2 Å². The van der Waals surface area contributed by atoms with Crippen molar-refractivity contribution in [1.82, 2.24) is 10.2 Å². The van der Waals surface area contributed by atoms with Crippen molar-refractivity contribution in [1.29, 1.82) is 0 Å². The van der Waals surface area contributed by atoms with E-state index in [1.165, 1.54) is 0 Å². The number of carbonyl (C=O) groups is 2. The van der Waals surface area contributed by atoms with Crippen molar-refractivity contribution in [2.45, 2.75) is 25.8 Å². The summed E-state index contributed by atoms with van der Waals surface area (Å²) in [6, 6.07) is 7.44. The molecule has 20 heavy (non-hydrogen) atoms. The smallest absolute Gasteiger partial charge is 0.245 e. The third kappa shape index (κ3) is 2.61. The number of carbonyl (C=O) groups excluding carboxylic acids is 2. The van der Waals surface area contributed by atoms with Gasteiger partial charge in [0.2, 0.25) is 11.8 Å². The van der Waals surface area contributed by atoms with E-state index < -0.39 is 5.54 Å². The number of para-hydroxylation sites is 1. The third-order valence-corrected chi connectivity index (χ3v) is 3.69. The first kappa shape index (κ1) is 14.4. The molecule has 1 fully saturated rings. The second-order valence-corrected chi connectivity index (χ2v) is 5.35. The van der Waals surface area contributed by atoms with E-state index in [4.69, 9.17) is 4.74 Å². The van der Waals surface area contributed by atoms with E-state index in [9.17, 15) is 9.59 Å². The van der Waals surface area contributed by atoms with Crippen LogP contribution in [0.5, 0.6) is 5.75 Å². The number of rotatable bonds is 3. The van der Waals surface area contributed by atoms with Crippen LogP contribution in [0.15, 0.2) is 24.3 Å². The minimum absolute atomic E-state index is 0.0608. The Balaban J connectivity index is 2.17. The Hall–Kier alpha value is -2.04. The van der Waals surface area contributed by atoms with Gasteiger partial charge in [-0.2, -0.15) is 0 Å². The van der Waals surface area contributed by atoms with E-state index in [0.717, 1.165) is 5.56 Å². The Morgan fingerprint density at radius 3 is 2.80 bits per heavy atom. The number of hydrogen-bond acceptors (Lipinski definition) is 3. The maximum atomic E-state index is 12.5. The standard InChI is InChI=1S/C15H20N2O3/c1-15(2)14(19)16-8-9-17(15)13(18)10-11-6-4-5-7-12(11)20-3/h4-7H,8-10H2,1-3H3,(H,16,19). The zero-order valence-electron chi connectivity index (χ0n) is 12.1. The molecular formula is C15H20N2O3. The maximum Gasteiger partial charge on any atom is 0.245 e. The van der Waals surface area contributed by atoms with Crippen molar-refractivity contribution in [2.24, 2.45) is 0 Å². The Bertz CT molecular complexity index is 526. The van der Waals surface area contributed by atoms with Crippen LogP contribution in [-0.4, -0.2) is 42.5 Å². The molecule has 0 bridgehead atoms. The van der Waals surface area contributed by atoms with Crippen molar-refractivity contribution in [3.8, 4) is 5.75 Å². The van der Waals surface area contributed by atoms with Crippen molar-refractivity contribution >= 4 is 11.8 Å². The van der Waals surface area contributed by atoms with Crippen LogP contribution in [0.4, 0.5) is 0 Å². The number of benzene rings is 1. The van der Waals surface area contributed by atoms with Crippen molar-refractivity contribution < 1.29 is 14.3 Å². The summed E-state index contributed by atoms with van der Waals surface area (Å²) < 4.78 is 5.26. The van der Waals surface area contributed by atoms with Gasteiger partial charge in [0.15, 0.2) is 0 Å². The van der Waals surface area contributed by atoms with E-state index in [2.05, 4.69) is 5.32 Å². The van der Waals surface area contributed by atoms with E-state index in [1.807, 2.05) is 24.3 Å². The molecule has 5 heteroatoms. The molecular weight excluding hydrogens is 256 g/mol. The Morgan fingerprint density at radius 1 is 1.40 bits per heavy atom. The number of ether oxygens (including phenoxy) is 1. The highest BCUT2D eigenvalue weighted by Gasteiger charge is 2.40. The average Bonchev–Trinajstić information content (AvgIpc) is 2.42. The molecule has 1 heterocycles. The normalized spacial score (nSPS) is 17.6. The zero-order valence-corrected chi connectivity index (χ0v) is 12.1. The van der Waals surface area contributed by atoms with Gasteiger partial charge in [-0.1, -0.05) is 18.2 Å². The van der Waals surface area contributed by atoms with Gasteiger partial charge in [-0.3, -0.25) is 9.59 Å². The van der Waals surface area contributed by atoms with Crippen molar-refractivity contribution in [3.63, 3.8) is 0 Å². The predicted molar refractivity (Wildman–Crippen MR) is 75.5 cm³/mol. The minimum Gasteiger partial charge on any atom is -0.496 e. The molecule has 1 aliphatic heterocycles. The highest BCUT2D eigenvalue weighted by atomic mass is 16.5. The highest BCUT2D eigenvalue weighted by Crippen LogP contribution is 2.22. The quantitative estimate of drug-likeness (QED) is 0.895. The van der Waals surface area contributed by atoms with Crippen LogP contribution in [-0.2, 0) is 16.0 Å². The Labute approximate surface area is 118 Å². The second kappa shape index (κ2) is 5.53. The highest BCUT2D eigenvalue weighted by molar-refractivity contribution is 5.92. The molecule has 1 aliphatic rings. The molecule has 2 rings (SSSR count). The lowest BCUT2D eigenvalue weighted by Crippen LogP contribution is -2.63. The molecule has 1 aromatic carbocycles. The molecule has 0 atom stereocenters. The van der Waals surface area contributed by atoms with Gasteiger partial charge in [0.05, 0.1) is 13.5 Å². The number of nitrogens with one attached hydrogen (secondary N) is 1. The first-order valence-electron chi connectivity index (χ1n) is 6.67. The van der Waals surface area contributed by atoms with Gasteiger partial charge in [0.1, 0.15) is 11.3 Å². The zero-order chi connectivity index (χ0) is 14.8. The summed E-state index contributed by atoms with van der Waals surface area (Å²) >= 11 is 0. The summed E-state index contributed by atoms with van der Waals surface area (Å²) in [5, 5.41) is 2.79. The lowest BCUT2D eigenvalue weighted by Gasteiger charge is -2.41. The Morgan fingerprint density at radius 2 is 2.10 bits per heavy atom. The van der Waals surface area contributed by atoms with Crippen LogP contribution in [0, 0.1) is 0 Å². The largest absolute Gasteiger partial charge is 0.496 e. The fourth-order valence-corrected chi connectivity index (χ4v) is 2.44. The van der Waals surface area contributed by atoms with Crippen molar-refractivity contribution in [2.75, 3.05) is 20.2 Å². The molecule has 2 amide bonds. The van der Waals surface area contributed by atoms with Crippen LogP contribution in [0.1, 0.15) is 19.4 Å². The Kier molecular flexibility index (Phi) is 3.97. The van der Waals surface area contributed by atoms with Crippen molar-refractivity contribution in [3.05, 3.63) is 29.8 Å². The molecule has 5 nitrogen and oxygen atoms in total. The molecule has 0 aliphatic carbocycles. The SMILES string of the molecule is COc1ccccc1CC(=O)N1CCNC(=O)C1(C)C. The second-order valence-electron chi connectivity index (χ2n) is 5.35. The summed E-state index contributed by atoms with van der Waals surface area (Å²) in [5.41, 5.74) is 0.0268. The number of nitrogens with zero attached hydrogens (tertiary/aromatic N) is 1. The molecule has 0 radical (unpaired) electrons. The van der Waals surface area contributed by atoms with E-state index in [1.54, 1.807) is 25.9 Å². The van der Waals surface area contributed by atoms with Gasteiger partial charge in [0, 0.05) is 18.7 Å². The first-order valence-corrected chi connectivity index (χ1v) is 6.67. The van der Waals surface area contributed by atoms with Gasteiger partial charge in [-0.05, 0) is 19.9 Å². The molecule has 0 saturated carbocycles. The first-order chi connectivity index (χ1) is 9.46. The number of amides is 2. The van der Waals surface area contributed by atoms with Gasteiger partial charge in [-0.25, -0.2) is 0 Å². The molecule has 1 aromatic rings. The van der Waals surface area contributed by atoms with E-state index in [0.29, 0.717) is 18.8 Å². The summed E-state index contributed by atoms with van der Waals surface area (Å²) in [6.07, 6.45) is 0.237. The minimum atomic E-state index is -0.808. The maximum absolute atomic E-state index is 12.5. The lowest BCUT2D eigenvalue weighted by molar-refractivity contribution is -0.148. The van der Waals surface area contributed by atoms with Gasteiger partial charge in [0.25, 0.3) is 0 Å². The van der Waals surface area contributed by atoms with Gasteiger partial charge >= 0.3 is 0 Å². The fourth-order valence-electron chi connectivity index (χ4n) is 2.44. The van der Waals surface area contributed by atoms with E-state index >= 15 is 0 Å². The monoisotopic (exact) mass is 276 g/mol. The topological polar surface area (TPSA) is 58.6 Å². The predicted octanol–water partition coefficient (Wildman–Crippen LogP) is 0.975. The number of hydrogen-bond donors (Lipinski definition) is 1. The number of methoxy groups -OCH3 is 1. The molecule has 0 unspecified atom stereocenters. The summed E-state index contributed by atoms with van der Waals surface area (Å²) in [4.78, 5) is 26.0. The molecule has 108 valence electrons. The van der Waals surface area contributed by atoms with Gasteiger partial charge < -0.3 is 15.0 Å². The lowest BCUT2D eigenvalue weighted by atomic mass is 9.97. The molecule has 0 spiro atoms. The molecule has 0 aromatic heterocycles. The van der Waals surface area contributed by atoms with Crippen LogP contribution in [0.3, 0.4) is 0 Å². The number of piperazine rings is 1. The van der Waals surface area contributed by atoms with Crippen LogP contribution in [0.25, 0.3) is 0 Å². The summed E-state index contributed by atoms with van der Waals surface area (Å²) in [6.45, 7) is 4.57. The summed E-state index contributed by atoms with van der Waals surface area (Å²) in [7, 11) is 1.58. The molecule has 1 saturated heterocycles. The fraction of sp³-hybridized carbons (Fsp3) is 0.467. The third-order valence-electron chi connectivity index (χ3n) is 3.69. The molecule has 1 N–H and O–H groups in total. The summed E-state index contributed by atoms with van der Waals surface area (Å²) in [5.74, 6) is 0.520. The van der Waals surface area contributed by atoms with Gasteiger partial charge in [-0.15, -0.1) is 0 Å².